The first-order valence-electron chi connectivity index (χ1n) is 8.50. The molecule has 0 bridgehead atoms. The number of hydrogen-bond donors (Lipinski definition) is 0. The molecule has 0 radical (unpaired) electrons. The lowest BCUT2D eigenvalue weighted by atomic mass is 10.1. The normalized spacial score (nSPS) is 22.1. The van der Waals surface area contributed by atoms with Gasteiger partial charge in [-0.25, -0.2) is 4.98 Å². The SMILES string of the molecule is CC1CN(Cc2ccc3oc(-c4ccccc4)nc3c2)CC(C)O1. The molecule has 2 unspecified atom stereocenters. The van der Waals surface area contributed by atoms with E-state index in [1.165, 1.54) is 5.56 Å². The van der Waals surface area contributed by atoms with E-state index in [9.17, 15) is 0 Å². The van der Waals surface area contributed by atoms with Gasteiger partial charge in [0.1, 0.15) is 5.52 Å². The molecule has 1 aromatic heterocycles. The summed E-state index contributed by atoms with van der Waals surface area (Å²) in [5.41, 5.74) is 4.02. The van der Waals surface area contributed by atoms with Crippen molar-refractivity contribution in [2.24, 2.45) is 0 Å². The maximum Gasteiger partial charge on any atom is 0.227 e. The molecule has 3 aromatic rings. The third-order valence-corrected chi connectivity index (χ3v) is 4.37. The number of hydrogen-bond acceptors (Lipinski definition) is 4. The van der Waals surface area contributed by atoms with Gasteiger partial charge in [-0.1, -0.05) is 24.3 Å². The van der Waals surface area contributed by atoms with E-state index in [1.54, 1.807) is 0 Å². The number of fused-ring (bicyclic) bond motifs is 1. The largest absolute Gasteiger partial charge is 0.436 e. The number of oxazole rings is 1. The molecule has 124 valence electrons. The molecular formula is C20H22N2O2. The van der Waals surface area contributed by atoms with Gasteiger partial charge in [-0.05, 0) is 43.7 Å². The maximum atomic E-state index is 5.89. The fraction of sp³-hybridized carbons (Fsp3) is 0.350. The third-order valence-electron chi connectivity index (χ3n) is 4.37. The average Bonchev–Trinajstić information content (AvgIpc) is 2.98. The molecule has 4 heteroatoms. The highest BCUT2D eigenvalue weighted by Crippen LogP contribution is 2.25. The molecule has 1 fully saturated rings. The second-order valence-electron chi connectivity index (χ2n) is 6.64. The summed E-state index contributed by atoms with van der Waals surface area (Å²) in [6.45, 7) is 7.12. The fourth-order valence-corrected chi connectivity index (χ4v) is 3.45. The molecule has 0 aliphatic carbocycles. The van der Waals surface area contributed by atoms with E-state index in [4.69, 9.17) is 9.15 Å². The Morgan fingerprint density at radius 3 is 2.54 bits per heavy atom. The molecule has 2 heterocycles. The standard InChI is InChI=1S/C20H22N2O2/c1-14-11-22(12-15(2)23-14)13-16-8-9-19-18(10-16)21-20(24-19)17-6-4-3-5-7-17/h3-10,14-15H,11-13H2,1-2H3. The second-order valence-corrected chi connectivity index (χ2v) is 6.64. The average molecular weight is 322 g/mol. The zero-order valence-corrected chi connectivity index (χ0v) is 14.1. The Morgan fingerprint density at radius 2 is 1.79 bits per heavy atom. The smallest absolute Gasteiger partial charge is 0.227 e. The molecule has 4 nitrogen and oxygen atoms in total. The lowest BCUT2D eigenvalue weighted by Crippen LogP contribution is -2.44. The van der Waals surface area contributed by atoms with Gasteiger partial charge in [-0.3, -0.25) is 4.90 Å². The van der Waals surface area contributed by atoms with Crippen molar-refractivity contribution in [2.45, 2.75) is 32.6 Å². The lowest BCUT2D eigenvalue weighted by Gasteiger charge is -2.35. The number of ether oxygens (including phenoxy) is 1. The first-order valence-corrected chi connectivity index (χ1v) is 8.50. The van der Waals surface area contributed by atoms with Crippen molar-refractivity contribution < 1.29 is 9.15 Å². The Hall–Kier alpha value is -2.17. The highest BCUT2D eigenvalue weighted by molar-refractivity contribution is 5.76. The van der Waals surface area contributed by atoms with E-state index < -0.39 is 0 Å². The molecule has 24 heavy (non-hydrogen) atoms. The van der Waals surface area contributed by atoms with Gasteiger partial charge in [0.25, 0.3) is 0 Å². The summed E-state index contributed by atoms with van der Waals surface area (Å²) < 4.78 is 11.7. The number of nitrogens with zero attached hydrogens (tertiary/aromatic N) is 2. The number of aromatic nitrogens is 1. The van der Waals surface area contributed by atoms with Crippen LogP contribution in [0.3, 0.4) is 0 Å². The Labute approximate surface area is 142 Å². The number of benzene rings is 2. The van der Waals surface area contributed by atoms with E-state index >= 15 is 0 Å². The lowest BCUT2D eigenvalue weighted by molar-refractivity contribution is -0.0704. The predicted molar refractivity (Wildman–Crippen MR) is 94.7 cm³/mol. The van der Waals surface area contributed by atoms with Crippen LogP contribution in [-0.2, 0) is 11.3 Å². The van der Waals surface area contributed by atoms with E-state index in [0.717, 1.165) is 36.3 Å². The summed E-state index contributed by atoms with van der Waals surface area (Å²) in [6.07, 6.45) is 0.573. The van der Waals surface area contributed by atoms with Crippen LogP contribution in [0.15, 0.2) is 52.9 Å². The minimum atomic E-state index is 0.286. The van der Waals surface area contributed by atoms with Crippen molar-refractivity contribution in [3.05, 3.63) is 54.1 Å². The van der Waals surface area contributed by atoms with E-state index in [0.29, 0.717) is 5.89 Å². The molecule has 2 aromatic carbocycles. The quantitative estimate of drug-likeness (QED) is 0.727. The summed E-state index contributed by atoms with van der Waals surface area (Å²) in [4.78, 5) is 7.10. The van der Waals surface area contributed by atoms with Gasteiger partial charge in [-0.15, -0.1) is 0 Å². The zero-order valence-electron chi connectivity index (χ0n) is 14.1. The van der Waals surface area contributed by atoms with Crippen LogP contribution in [0, 0.1) is 0 Å². The minimum absolute atomic E-state index is 0.286. The Balaban J connectivity index is 1.57. The Kier molecular flexibility index (Phi) is 4.08. The van der Waals surface area contributed by atoms with Crippen molar-refractivity contribution >= 4 is 11.1 Å². The van der Waals surface area contributed by atoms with Crippen molar-refractivity contribution in [3.63, 3.8) is 0 Å². The van der Waals surface area contributed by atoms with Gasteiger partial charge in [0.2, 0.25) is 5.89 Å². The van der Waals surface area contributed by atoms with Crippen LogP contribution in [-0.4, -0.2) is 35.2 Å². The molecular weight excluding hydrogens is 300 g/mol. The van der Waals surface area contributed by atoms with E-state index in [-0.39, 0.29) is 12.2 Å². The Morgan fingerprint density at radius 1 is 1.04 bits per heavy atom. The monoisotopic (exact) mass is 322 g/mol. The second kappa shape index (κ2) is 6.38. The van der Waals surface area contributed by atoms with Gasteiger partial charge >= 0.3 is 0 Å². The van der Waals surface area contributed by atoms with Crippen molar-refractivity contribution in [1.82, 2.24) is 9.88 Å². The third kappa shape index (κ3) is 3.21. The van der Waals surface area contributed by atoms with Gasteiger partial charge in [-0.2, -0.15) is 0 Å². The molecule has 2 atom stereocenters. The molecule has 1 aliphatic heterocycles. The molecule has 0 N–H and O–H groups in total. The highest BCUT2D eigenvalue weighted by atomic mass is 16.5. The van der Waals surface area contributed by atoms with Gasteiger partial charge in [0.05, 0.1) is 12.2 Å². The fourth-order valence-electron chi connectivity index (χ4n) is 3.45. The van der Waals surface area contributed by atoms with Gasteiger partial charge in [0.15, 0.2) is 5.58 Å². The summed E-state index contributed by atoms with van der Waals surface area (Å²) >= 11 is 0. The van der Waals surface area contributed by atoms with Crippen molar-refractivity contribution in [1.29, 1.82) is 0 Å². The first kappa shape index (κ1) is 15.4. The van der Waals surface area contributed by atoms with Crippen molar-refractivity contribution in [2.75, 3.05) is 13.1 Å². The molecule has 0 saturated carbocycles. The van der Waals surface area contributed by atoms with Gasteiger partial charge in [0, 0.05) is 25.2 Å². The summed E-state index contributed by atoms with van der Waals surface area (Å²) in [7, 11) is 0. The Bertz CT molecular complexity index is 818. The van der Waals surface area contributed by atoms with E-state index in [1.807, 2.05) is 36.4 Å². The van der Waals surface area contributed by atoms with Crippen LogP contribution in [0.5, 0.6) is 0 Å². The number of rotatable bonds is 3. The van der Waals surface area contributed by atoms with Crippen LogP contribution in [0.2, 0.25) is 0 Å². The summed E-state index contributed by atoms with van der Waals surface area (Å²) in [5.74, 6) is 0.677. The topological polar surface area (TPSA) is 38.5 Å². The van der Waals surface area contributed by atoms with Crippen molar-refractivity contribution in [3.8, 4) is 11.5 Å². The molecule has 1 saturated heterocycles. The van der Waals surface area contributed by atoms with Crippen LogP contribution in [0.1, 0.15) is 19.4 Å². The predicted octanol–water partition coefficient (Wildman–Crippen LogP) is 4.10. The van der Waals surface area contributed by atoms with Crippen LogP contribution < -0.4 is 0 Å². The summed E-state index contributed by atoms with van der Waals surface area (Å²) in [6, 6.07) is 16.3. The first-order chi connectivity index (χ1) is 11.7. The van der Waals surface area contributed by atoms with Gasteiger partial charge < -0.3 is 9.15 Å². The summed E-state index contributed by atoms with van der Waals surface area (Å²) in [5, 5.41) is 0. The molecule has 0 amide bonds. The highest BCUT2D eigenvalue weighted by Gasteiger charge is 2.22. The van der Waals surface area contributed by atoms with Crippen LogP contribution in [0.4, 0.5) is 0 Å². The van der Waals surface area contributed by atoms with E-state index in [2.05, 4.69) is 35.9 Å². The molecule has 1 aliphatic rings. The van der Waals surface area contributed by atoms with Crippen LogP contribution in [0.25, 0.3) is 22.6 Å². The molecule has 4 rings (SSSR count). The maximum absolute atomic E-state index is 5.89. The van der Waals surface area contributed by atoms with Crippen LogP contribution >= 0.6 is 0 Å². The minimum Gasteiger partial charge on any atom is -0.436 e. The zero-order chi connectivity index (χ0) is 16.5. The molecule has 0 spiro atoms. The number of morpholine rings is 1.